The summed E-state index contributed by atoms with van der Waals surface area (Å²) in [5.74, 6) is -2.67. The van der Waals surface area contributed by atoms with Gasteiger partial charge in [-0.15, -0.1) is 0 Å². The number of esters is 1. The highest BCUT2D eigenvalue weighted by molar-refractivity contribution is 6.55. The molecule has 3 N–H and O–H groups in total. The van der Waals surface area contributed by atoms with Crippen LogP contribution in [-0.2, 0) is 14.3 Å². The number of benzene rings is 2. The molecule has 0 saturated carbocycles. The third kappa shape index (κ3) is 4.58. The molecule has 1 saturated heterocycles. The number of hydrogen-bond acceptors (Lipinski definition) is 9. The zero-order valence-corrected chi connectivity index (χ0v) is 15.9. The first kappa shape index (κ1) is 20.5. The van der Waals surface area contributed by atoms with Gasteiger partial charge in [-0.25, -0.2) is 0 Å². The second-order valence-corrected chi connectivity index (χ2v) is 6.00. The first-order valence-electron chi connectivity index (χ1n) is 8.95. The number of hydrazone groups is 2. The van der Waals surface area contributed by atoms with Crippen LogP contribution in [0.3, 0.4) is 0 Å². The summed E-state index contributed by atoms with van der Waals surface area (Å²) in [5, 5.41) is 21.6. The topological polar surface area (TPSA) is 147 Å². The van der Waals surface area contributed by atoms with Crippen LogP contribution in [0.25, 0.3) is 0 Å². The quantitative estimate of drug-likeness (QED) is 0.360. The second kappa shape index (κ2) is 9.28. The van der Waals surface area contributed by atoms with Gasteiger partial charge in [-0.2, -0.15) is 10.2 Å². The van der Waals surface area contributed by atoms with Crippen molar-refractivity contribution in [3.05, 3.63) is 64.7 Å². The number of carbonyl (C=O) groups excluding carboxylic acids is 2. The first-order chi connectivity index (χ1) is 14.5. The Morgan fingerprint density at radius 3 is 2.53 bits per heavy atom. The Bertz CT molecular complexity index is 1020. The minimum atomic E-state index is -1.22. The highest BCUT2D eigenvalue weighted by Crippen LogP contribution is 2.23. The van der Waals surface area contributed by atoms with Crippen molar-refractivity contribution in [2.45, 2.75) is 6.92 Å². The third-order valence-electron chi connectivity index (χ3n) is 4.02. The van der Waals surface area contributed by atoms with Gasteiger partial charge in [0.1, 0.15) is 17.2 Å². The molecular formula is C19H18N6O5. The van der Waals surface area contributed by atoms with E-state index in [-0.39, 0.29) is 29.5 Å². The van der Waals surface area contributed by atoms with Crippen LogP contribution in [0.5, 0.6) is 0 Å². The minimum absolute atomic E-state index is 0.0785. The Labute approximate surface area is 171 Å². The van der Waals surface area contributed by atoms with Crippen LogP contribution in [-0.4, -0.2) is 35.0 Å². The summed E-state index contributed by atoms with van der Waals surface area (Å²) < 4.78 is 5.04. The number of nitrogens with one attached hydrogen (secondary N) is 3. The molecular weight excluding hydrogens is 392 g/mol. The Hall–Kier alpha value is -4.28. The number of rotatable bonds is 7. The van der Waals surface area contributed by atoms with Crippen LogP contribution in [0.4, 0.5) is 17.1 Å². The molecule has 1 aliphatic rings. The number of para-hydroxylation sites is 3. The van der Waals surface area contributed by atoms with Gasteiger partial charge in [-0.3, -0.25) is 30.6 Å². The van der Waals surface area contributed by atoms with Gasteiger partial charge in [0, 0.05) is 6.07 Å². The van der Waals surface area contributed by atoms with Gasteiger partial charge in [0.25, 0.3) is 11.6 Å². The summed E-state index contributed by atoms with van der Waals surface area (Å²) in [7, 11) is 0. The molecule has 154 valence electrons. The summed E-state index contributed by atoms with van der Waals surface area (Å²) in [6.45, 7) is 1.72. The SMILES string of the molecule is CCOC(=O)[C@H]1/C(=N\Nc2ccccc2[N+](=O)[O-])NC(=O)/C1=N/Nc1ccccc1. The van der Waals surface area contributed by atoms with Crippen LogP contribution in [0, 0.1) is 16.0 Å². The molecule has 0 aliphatic carbocycles. The van der Waals surface area contributed by atoms with Gasteiger partial charge in [0.2, 0.25) is 0 Å². The van der Waals surface area contributed by atoms with E-state index in [9.17, 15) is 19.7 Å². The number of nitrogens with zero attached hydrogens (tertiary/aromatic N) is 3. The lowest BCUT2D eigenvalue weighted by Gasteiger charge is -2.10. The van der Waals surface area contributed by atoms with Crippen LogP contribution >= 0.6 is 0 Å². The number of nitro groups is 1. The van der Waals surface area contributed by atoms with Gasteiger partial charge < -0.3 is 10.1 Å². The van der Waals surface area contributed by atoms with Gasteiger partial charge in [-0.1, -0.05) is 30.3 Å². The maximum atomic E-state index is 12.5. The fourth-order valence-corrected chi connectivity index (χ4v) is 2.66. The molecule has 1 amide bonds. The van der Waals surface area contributed by atoms with Crippen molar-refractivity contribution in [1.29, 1.82) is 0 Å². The zero-order valence-electron chi connectivity index (χ0n) is 15.9. The summed E-state index contributed by atoms with van der Waals surface area (Å²) in [6.07, 6.45) is 0. The van der Waals surface area contributed by atoms with Crippen molar-refractivity contribution in [2.75, 3.05) is 17.5 Å². The van der Waals surface area contributed by atoms with Crippen LogP contribution in [0.2, 0.25) is 0 Å². The predicted octanol–water partition coefficient (Wildman–Crippen LogP) is 2.10. The lowest BCUT2D eigenvalue weighted by Crippen LogP contribution is -2.31. The molecule has 1 fully saturated rings. The summed E-state index contributed by atoms with van der Waals surface area (Å²) in [6, 6.07) is 14.7. The lowest BCUT2D eigenvalue weighted by atomic mass is 10.1. The van der Waals surface area contributed by atoms with Crippen molar-refractivity contribution < 1.29 is 19.2 Å². The molecule has 3 rings (SSSR count). The van der Waals surface area contributed by atoms with Crippen molar-refractivity contribution in [3.8, 4) is 0 Å². The van der Waals surface area contributed by atoms with E-state index in [1.807, 2.05) is 6.07 Å². The molecule has 2 aromatic carbocycles. The third-order valence-corrected chi connectivity index (χ3v) is 4.02. The number of anilines is 2. The van der Waals surface area contributed by atoms with Gasteiger partial charge in [-0.05, 0) is 25.1 Å². The normalized spacial score (nSPS) is 18.2. The summed E-state index contributed by atoms with van der Waals surface area (Å²) in [5.41, 5.74) is 5.61. The number of hydrogen-bond donors (Lipinski definition) is 3. The fourth-order valence-electron chi connectivity index (χ4n) is 2.66. The molecule has 0 unspecified atom stereocenters. The number of amidine groups is 1. The Balaban J connectivity index is 1.90. The second-order valence-electron chi connectivity index (χ2n) is 6.00. The average molecular weight is 410 g/mol. The maximum absolute atomic E-state index is 12.5. The molecule has 30 heavy (non-hydrogen) atoms. The van der Waals surface area contributed by atoms with E-state index in [1.54, 1.807) is 37.3 Å². The lowest BCUT2D eigenvalue weighted by molar-refractivity contribution is -0.384. The van der Waals surface area contributed by atoms with Crippen molar-refractivity contribution >= 4 is 40.5 Å². The maximum Gasteiger partial charge on any atom is 0.323 e. The van der Waals surface area contributed by atoms with E-state index in [2.05, 4.69) is 26.4 Å². The zero-order chi connectivity index (χ0) is 21.5. The number of carbonyl (C=O) groups is 2. The van der Waals surface area contributed by atoms with E-state index < -0.39 is 22.7 Å². The molecule has 11 heteroatoms. The van der Waals surface area contributed by atoms with Gasteiger partial charge in [0.05, 0.1) is 17.2 Å². The van der Waals surface area contributed by atoms with Gasteiger partial charge in [0.15, 0.2) is 5.92 Å². The molecule has 1 atom stereocenters. The minimum Gasteiger partial charge on any atom is -0.465 e. The molecule has 0 spiro atoms. The number of ether oxygens (including phenoxy) is 1. The average Bonchev–Trinajstić information content (AvgIpc) is 3.07. The molecule has 0 aromatic heterocycles. The number of amides is 1. The molecule has 0 radical (unpaired) electrons. The monoisotopic (exact) mass is 410 g/mol. The van der Waals surface area contributed by atoms with Crippen LogP contribution in [0.15, 0.2) is 64.8 Å². The van der Waals surface area contributed by atoms with Crippen LogP contribution in [0.1, 0.15) is 6.92 Å². The van der Waals surface area contributed by atoms with E-state index in [4.69, 9.17) is 4.74 Å². The number of nitro benzene ring substituents is 1. The standard InChI is InChI=1S/C19H18N6O5/c1-2-30-19(27)15-16(23-21-12-8-4-3-5-9-12)18(26)20-17(15)24-22-13-10-6-7-11-14(13)25(28)29/h3-11,15,21-22H,2H2,1H3,(H,20,24,26)/b23-16+/t15-/m1/s1. The molecule has 0 bridgehead atoms. The summed E-state index contributed by atoms with van der Waals surface area (Å²) >= 11 is 0. The smallest absolute Gasteiger partial charge is 0.323 e. The van der Waals surface area contributed by atoms with Crippen LogP contribution < -0.4 is 16.2 Å². The van der Waals surface area contributed by atoms with E-state index in [1.165, 1.54) is 18.2 Å². The van der Waals surface area contributed by atoms with E-state index in [0.29, 0.717) is 5.69 Å². The largest absolute Gasteiger partial charge is 0.465 e. The van der Waals surface area contributed by atoms with Gasteiger partial charge >= 0.3 is 5.97 Å². The molecule has 1 heterocycles. The Kier molecular flexibility index (Phi) is 6.33. The Morgan fingerprint density at radius 1 is 1.13 bits per heavy atom. The van der Waals surface area contributed by atoms with Crippen molar-refractivity contribution in [3.63, 3.8) is 0 Å². The van der Waals surface area contributed by atoms with Crippen molar-refractivity contribution in [1.82, 2.24) is 5.32 Å². The molecule has 1 aliphatic heterocycles. The molecule has 2 aromatic rings. The fraction of sp³-hybridized carbons (Fsp3) is 0.158. The van der Waals surface area contributed by atoms with Crippen molar-refractivity contribution in [2.24, 2.45) is 16.1 Å². The predicted molar refractivity (Wildman–Crippen MR) is 110 cm³/mol. The Morgan fingerprint density at radius 2 is 1.83 bits per heavy atom. The molecule has 11 nitrogen and oxygen atoms in total. The van der Waals surface area contributed by atoms with E-state index >= 15 is 0 Å². The van der Waals surface area contributed by atoms with E-state index in [0.717, 1.165) is 0 Å². The first-order valence-corrected chi connectivity index (χ1v) is 8.95. The highest BCUT2D eigenvalue weighted by Gasteiger charge is 2.43. The summed E-state index contributed by atoms with van der Waals surface area (Å²) in [4.78, 5) is 35.4. The highest BCUT2D eigenvalue weighted by atomic mass is 16.6.